The molecule has 1 fully saturated rings. The fourth-order valence-corrected chi connectivity index (χ4v) is 4.13. The van der Waals surface area contributed by atoms with E-state index in [1.54, 1.807) is 13.0 Å². The minimum atomic E-state index is -2.13. The van der Waals surface area contributed by atoms with Gasteiger partial charge in [-0.1, -0.05) is 57.2 Å². The number of allylic oxidation sites excluding steroid dienone is 3. The highest BCUT2D eigenvalue weighted by molar-refractivity contribution is 5.90. The summed E-state index contributed by atoms with van der Waals surface area (Å²) < 4.78 is 14.9. The van der Waals surface area contributed by atoms with Crippen LogP contribution in [-0.4, -0.2) is 17.6 Å². The summed E-state index contributed by atoms with van der Waals surface area (Å²) in [5.41, 5.74) is 6.58. The van der Waals surface area contributed by atoms with E-state index in [1.807, 2.05) is 18.2 Å². The second-order valence-corrected chi connectivity index (χ2v) is 8.85. The van der Waals surface area contributed by atoms with Crippen molar-refractivity contribution >= 4 is 11.5 Å². The Labute approximate surface area is 161 Å². The molecule has 3 nitrogen and oxygen atoms in total. The van der Waals surface area contributed by atoms with Crippen LogP contribution in [0.4, 0.5) is 4.39 Å². The molecule has 0 heterocycles. The molecule has 2 unspecified atom stereocenters. The molecule has 0 radical (unpaired) electrons. The number of primary amides is 1. The van der Waals surface area contributed by atoms with Gasteiger partial charge in [-0.2, -0.15) is 0 Å². The maximum atomic E-state index is 14.9. The van der Waals surface area contributed by atoms with Crippen LogP contribution in [-0.2, 0) is 11.3 Å². The Morgan fingerprint density at radius 1 is 1.22 bits per heavy atom. The number of nitrogens with one attached hydrogen (secondary N) is 1. The van der Waals surface area contributed by atoms with Crippen molar-refractivity contribution in [3.63, 3.8) is 0 Å². The predicted octanol–water partition coefficient (Wildman–Crippen LogP) is 4.53. The predicted molar refractivity (Wildman–Crippen MR) is 109 cm³/mol. The Bertz CT molecular complexity index is 740. The van der Waals surface area contributed by atoms with Gasteiger partial charge in [0, 0.05) is 18.5 Å². The van der Waals surface area contributed by atoms with Gasteiger partial charge in [0.2, 0.25) is 5.67 Å². The number of rotatable bonds is 5. The van der Waals surface area contributed by atoms with Gasteiger partial charge < -0.3 is 11.1 Å². The van der Waals surface area contributed by atoms with Crippen LogP contribution in [0.15, 0.2) is 42.5 Å². The van der Waals surface area contributed by atoms with Crippen molar-refractivity contribution in [2.75, 3.05) is 0 Å². The van der Waals surface area contributed by atoms with Crippen molar-refractivity contribution in [1.29, 1.82) is 0 Å². The van der Waals surface area contributed by atoms with Crippen molar-refractivity contribution in [1.82, 2.24) is 5.32 Å². The van der Waals surface area contributed by atoms with Crippen LogP contribution < -0.4 is 11.1 Å². The molecule has 0 aromatic heterocycles. The highest BCUT2D eigenvalue weighted by Crippen LogP contribution is 2.38. The Morgan fingerprint density at radius 3 is 2.44 bits per heavy atom. The molecule has 146 valence electrons. The summed E-state index contributed by atoms with van der Waals surface area (Å²) in [5, 5.41) is 3.66. The van der Waals surface area contributed by atoms with Gasteiger partial charge >= 0.3 is 0 Å². The normalized spacial score (nSPS) is 28.0. The molecule has 0 aliphatic heterocycles. The minimum absolute atomic E-state index is 0.481. The number of hydrogen-bond donors (Lipinski definition) is 2. The van der Waals surface area contributed by atoms with Gasteiger partial charge in [0.15, 0.2) is 0 Å². The molecule has 3 N–H and O–H groups in total. The molecule has 2 aliphatic carbocycles. The molecule has 0 saturated heterocycles. The third kappa shape index (κ3) is 4.32. The first-order valence-electron chi connectivity index (χ1n) is 9.92. The first-order chi connectivity index (χ1) is 12.7. The minimum Gasteiger partial charge on any atom is -0.367 e. The summed E-state index contributed by atoms with van der Waals surface area (Å²) in [5.74, 6) is -1.54. The van der Waals surface area contributed by atoms with Crippen molar-refractivity contribution in [3.05, 3.63) is 53.6 Å². The van der Waals surface area contributed by atoms with E-state index in [1.165, 1.54) is 37.3 Å². The second kappa shape index (κ2) is 7.59. The molecule has 2 atom stereocenters. The lowest BCUT2D eigenvalue weighted by Gasteiger charge is -2.34. The molecule has 4 heteroatoms. The summed E-state index contributed by atoms with van der Waals surface area (Å²) in [6.07, 6.45) is 9.71. The van der Waals surface area contributed by atoms with E-state index < -0.39 is 17.5 Å². The third-order valence-corrected chi connectivity index (χ3v) is 6.31. The van der Waals surface area contributed by atoms with E-state index in [2.05, 4.69) is 31.3 Å². The maximum Gasteiger partial charge on any atom is 0.259 e. The van der Waals surface area contributed by atoms with Crippen LogP contribution in [0.5, 0.6) is 0 Å². The molecular formula is C23H31FN2O. The molecule has 0 bridgehead atoms. The van der Waals surface area contributed by atoms with Gasteiger partial charge in [0.1, 0.15) is 0 Å². The van der Waals surface area contributed by atoms with Gasteiger partial charge in [-0.15, -0.1) is 0 Å². The smallest absolute Gasteiger partial charge is 0.259 e. The average molecular weight is 371 g/mol. The molecule has 27 heavy (non-hydrogen) atoms. The molecule has 1 aromatic carbocycles. The number of carbonyl (C=O) groups is 1. The number of hydrogen-bond acceptors (Lipinski definition) is 2. The fraction of sp³-hybridized carbons (Fsp3) is 0.522. The van der Waals surface area contributed by atoms with Crippen LogP contribution in [0.2, 0.25) is 0 Å². The Kier molecular flexibility index (Phi) is 5.57. The van der Waals surface area contributed by atoms with E-state index in [0.717, 1.165) is 17.7 Å². The summed E-state index contributed by atoms with van der Waals surface area (Å²) in [6, 6.07) is 8.75. The zero-order valence-electron chi connectivity index (χ0n) is 16.6. The first-order valence-corrected chi connectivity index (χ1v) is 9.92. The van der Waals surface area contributed by atoms with Gasteiger partial charge in [0.25, 0.3) is 5.91 Å². The summed E-state index contributed by atoms with van der Waals surface area (Å²) >= 11 is 0. The topological polar surface area (TPSA) is 55.1 Å². The molecule has 0 spiro atoms. The van der Waals surface area contributed by atoms with Crippen LogP contribution in [0.3, 0.4) is 0 Å². The Balaban J connectivity index is 1.62. The van der Waals surface area contributed by atoms with E-state index in [4.69, 9.17) is 5.73 Å². The van der Waals surface area contributed by atoms with Crippen LogP contribution in [0.25, 0.3) is 5.57 Å². The van der Waals surface area contributed by atoms with Crippen LogP contribution >= 0.6 is 0 Å². The number of benzene rings is 1. The Morgan fingerprint density at radius 2 is 1.85 bits per heavy atom. The molecule has 3 rings (SSSR count). The number of carbonyl (C=O) groups excluding carboxylic acids is 1. The summed E-state index contributed by atoms with van der Waals surface area (Å²) in [4.78, 5) is 11.6. The SMILES string of the molecule is CC1C(c2ccc(CNC3CCC(C)(C)CC3)cc2)=CC=CC1(F)C(N)=O. The number of alkyl halides is 1. The lowest BCUT2D eigenvalue weighted by molar-refractivity contribution is -0.128. The van der Waals surface area contributed by atoms with Crippen molar-refractivity contribution < 1.29 is 9.18 Å². The van der Waals surface area contributed by atoms with Crippen LogP contribution in [0, 0.1) is 11.3 Å². The average Bonchev–Trinajstić information content (AvgIpc) is 2.63. The highest BCUT2D eigenvalue weighted by atomic mass is 19.1. The van der Waals surface area contributed by atoms with Crippen molar-refractivity contribution in [2.45, 2.75) is 64.7 Å². The lowest BCUT2D eigenvalue weighted by Crippen LogP contribution is -2.44. The summed E-state index contributed by atoms with van der Waals surface area (Å²) in [6.45, 7) is 7.25. The lowest BCUT2D eigenvalue weighted by atomic mass is 9.75. The first kappa shape index (κ1) is 19.8. The summed E-state index contributed by atoms with van der Waals surface area (Å²) in [7, 11) is 0. The molecule has 1 amide bonds. The zero-order chi connectivity index (χ0) is 19.7. The quantitative estimate of drug-likeness (QED) is 0.800. The fourth-order valence-electron chi connectivity index (χ4n) is 4.13. The largest absolute Gasteiger partial charge is 0.367 e. The number of amides is 1. The number of halogens is 1. The van der Waals surface area contributed by atoms with Crippen molar-refractivity contribution in [2.24, 2.45) is 17.1 Å². The monoisotopic (exact) mass is 370 g/mol. The van der Waals surface area contributed by atoms with Crippen molar-refractivity contribution in [3.8, 4) is 0 Å². The second-order valence-electron chi connectivity index (χ2n) is 8.85. The zero-order valence-corrected chi connectivity index (χ0v) is 16.6. The molecule has 2 aliphatic rings. The van der Waals surface area contributed by atoms with E-state index in [-0.39, 0.29) is 0 Å². The highest BCUT2D eigenvalue weighted by Gasteiger charge is 2.43. The van der Waals surface area contributed by atoms with E-state index in [9.17, 15) is 9.18 Å². The van der Waals surface area contributed by atoms with Gasteiger partial charge in [-0.05, 0) is 53.9 Å². The molecule has 1 aromatic rings. The van der Waals surface area contributed by atoms with Gasteiger partial charge in [-0.3, -0.25) is 4.79 Å². The van der Waals surface area contributed by atoms with E-state index >= 15 is 0 Å². The van der Waals surface area contributed by atoms with Crippen LogP contribution in [0.1, 0.15) is 57.6 Å². The number of nitrogens with two attached hydrogens (primary N) is 1. The molecule has 1 saturated carbocycles. The standard InChI is InChI=1S/C23H31FN2O/c1-16-20(5-4-12-23(16,24)21(25)27)18-8-6-17(7-9-18)15-26-19-10-13-22(2,3)14-11-19/h4-9,12,16,19,26H,10-11,13-15H2,1-3H3,(H2,25,27). The third-order valence-electron chi connectivity index (χ3n) is 6.31. The Hall–Kier alpha value is -1.94. The van der Waals surface area contributed by atoms with Gasteiger partial charge in [-0.25, -0.2) is 4.39 Å². The van der Waals surface area contributed by atoms with E-state index in [0.29, 0.717) is 11.5 Å². The molecular weight excluding hydrogens is 339 g/mol. The van der Waals surface area contributed by atoms with Gasteiger partial charge in [0.05, 0.1) is 0 Å². The maximum absolute atomic E-state index is 14.9.